The second kappa shape index (κ2) is 8.64. The summed E-state index contributed by atoms with van der Waals surface area (Å²) in [5, 5.41) is 2.81. The summed E-state index contributed by atoms with van der Waals surface area (Å²) in [6.07, 6.45) is 0.0761. The van der Waals surface area contributed by atoms with Crippen LogP contribution in [-0.4, -0.2) is 45.7 Å². The average Bonchev–Trinajstić information content (AvgIpc) is 3.15. The lowest BCUT2D eigenvalue weighted by molar-refractivity contribution is -0.122. The van der Waals surface area contributed by atoms with Crippen molar-refractivity contribution in [1.29, 1.82) is 0 Å². The zero-order valence-corrected chi connectivity index (χ0v) is 16.4. The van der Waals surface area contributed by atoms with E-state index >= 15 is 0 Å². The second-order valence-corrected chi connectivity index (χ2v) is 6.50. The summed E-state index contributed by atoms with van der Waals surface area (Å²) in [4.78, 5) is 38.5. The first kappa shape index (κ1) is 20.2. The fourth-order valence-corrected chi connectivity index (χ4v) is 3.19. The van der Waals surface area contributed by atoms with Gasteiger partial charge in [0.05, 0.1) is 38.5 Å². The number of esters is 1. The Morgan fingerprint density at radius 1 is 1.07 bits per heavy atom. The van der Waals surface area contributed by atoms with E-state index in [0.717, 1.165) is 0 Å². The zero-order chi connectivity index (χ0) is 21.0. The number of anilines is 2. The molecule has 0 saturated carbocycles. The first-order valence-corrected chi connectivity index (χ1v) is 8.98. The van der Waals surface area contributed by atoms with Crippen molar-refractivity contribution in [3.8, 4) is 11.5 Å². The van der Waals surface area contributed by atoms with Gasteiger partial charge in [0.15, 0.2) is 0 Å². The Morgan fingerprint density at radius 3 is 2.55 bits per heavy atom. The van der Waals surface area contributed by atoms with Crippen molar-refractivity contribution in [3.63, 3.8) is 0 Å². The molecule has 1 unspecified atom stereocenters. The van der Waals surface area contributed by atoms with E-state index in [-0.39, 0.29) is 24.8 Å². The molecule has 0 aliphatic carbocycles. The molecule has 2 aromatic carbocycles. The second-order valence-electron chi connectivity index (χ2n) is 6.50. The van der Waals surface area contributed by atoms with Crippen LogP contribution in [0.15, 0.2) is 42.5 Å². The number of hydrogen-bond donors (Lipinski definition) is 1. The molecule has 152 valence electrons. The van der Waals surface area contributed by atoms with Crippen molar-refractivity contribution >= 4 is 29.2 Å². The number of carbonyl (C=O) groups excluding carboxylic acids is 3. The molecule has 1 aliphatic rings. The molecule has 29 heavy (non-hydrogen) atoms. The molecule has 1 heterocycles. The molecular formula is C21H22N2O6. The fraction of sp³-hybridized carbons (Fsp3) is 0.286. The predicted molar refractivity (Wildman–Crippen MR) is 106 cm³/mol. The molecule has 0 spiro atoms. The molecule has 0 aromatic heterocycles. The van der Waals surface area contributed by atoms with Crippen LogP contribution in [0.1, 0.15) is 16.8 Å². The highest BCUT2D eigenvalue weighted by Gasteiger charge is 2.35. The molecule has 0 radical (unpaired) electrons. The molecule has 1 atom stereocenters. The number of methoxy groups -OCH3 is 3. The molecular weight excluding hydrogens is 376 g/mol. The number of hydrogen-bond acceptors (Lipinski definition) is 6. The Morgan fingerprint density at radius 2 is 1.86 bits per heavy atom. The lowest BCUT2D eigenvalue weighted by atomic mass is 10.1. The Hall–Kier alpha value is -3.55. The van der Waals surface area contributed by atoms with Crippen LogP contribution < -0.4 is 19.7 Å². The number of nitrogens with zero attached hydrogens (tertiary/aromatic N) is 1. The topological polar surface area (TPSA) is 94.2 Å². The monoisotopic (exact) mass is 398 g/mol. The predicted octanol–water partition coefficient (Wildman–Crippen LogP) is 2.48. The largest absolute Gasteiger partial charge is 0.497 e. The summed E-state index contributed by atoms with van der Waals surface area (Å²) in [5.74, 6) is -0.421. The maximum absolute atomic E-state index is 12.7. The van der Waals surface area contributed by atoms with Crippen molar-refractivity contribution in [2.45, 2.75) is 6.42 Å². The summed E-state index contributed by atoms with van der Waals surface area (Å²) in [6, 6.07) is 11.6. The quantitative estimate of drug-likeness (QED) is 0.752. The van der Waals surface area contributed by atoms with E-state index < -0.39 is 11.9 Å². The van der Waals surface area contributed by atoms with Crippen molar-refractivity contribution in [3.05, 3.63) is 48.0 Å². The highest BCUT2D eigenvalue weighted by molar-refractivity contribution is 6.04. The van der Waals surface area contributed by atoms with Gasteiger partial charge in [0.2, 0.25) is 11.8 Å². The molecule has 0 bridgehead atoms. The van der Waals surface area contributed by atoms with Gasteiger partial charge in [-0.3, -0.25) is 9.59 Å². The van der Waals surface area contributed by atoms with E-state index in [2.05, 4.69) is 5.32 Å². The van der Waals surface area contributed by atoms with E-state index in [1.54, 1.807) is 49.6 Å². The van der Waals surface area contributed by atoms with Gasteiger partial charge in [0.25, 0.3) is 0 Å². The summed E-state index contributed by atoms with van der Waals surface area (Å²) in [5.41, 5.74) is 1.39. The third-order valence-corrected chi connectivity index (χ3v) is 4.74. The number of carbonyl (C=O) groups is 3. The number of benzene rings is 2. The smallest absolute Gasteiger partial charge is 0.337 e. The Balaban J connectivity index is 1.73. The molecule has 3 rings (SSSR count). The van der Waals surface area contributed by atoms with Gasteiger partial charge in [-0.15, -0.1) is 0 Å². The number of nitrogens with one attached hydrogen (secondary N) is 1. The summed E-state index contributed by atoms with van der Waals surface area (Å²) >= 11 is 0. The maximum atomic E-state index is 12.7. The van der Waals surface area contributed by atoms with Crippen LogP contribution in [0, 0.1) is 5.92 Å². The third kappa shape index (κ3) is 4.31. The summed E-state index contributed by atoms with van der Waals surface area (Å²) in [7, 11) is 4.34. The molecule has 1 fully saturated rings. The molecule has 1 aliphatic heterocycles. The standard InChI is InChI=1S/C21H22N2O6/c1-27-16-7-8-17(18(11-16)28-2)22-20(25)14-10-19(24)23(12-14)15-6-4-5-13(9-15)21(26)29-3/h4-9,11,14H,10,12H2,1-3H3,(H,22,25). The molecule has 2 amide bonds. The van der Waals surface area contributed by atoms with E-state index in [1.165, 1.54) is 19.1 Å². The van der Waals surface area contributed by atoms with Crippen LogP contribution in [0.5, 0.6) is 11.5 Å². The van der Waals surface area contributed by atoms with E-state index in [0.29, 0.717) is 28.4 Å². The maximum Gasteiger partial charge on any atom is 0.337 e. The minimum atomic E-state index is -0.531. The van der Waals surface area contributed by atoms with Crippen molar-refractivity contribution in [1.82, 2.24) is 0 Å². The first-order valence-electron chi connectivity index (χ1n) is 8.98. The Labute approximate surface area is 168 Å². The highest BCUT2D eigenvalue weighted by Crippen LogP contribution is 2.31. The van der Waals surface area contributed by atoms with Gasteiger partial charge in [-0.1, -0.05) is 6.07 Å². The van der Waals surface area contributed by atoms with Crippen LogP contribution in [0.25, 0.3) is 0 Å². The van der Waals surface area contributed by atoms with Gasteiger partial charge < -0.3 is 24.4 Å². The van der Waals surface area contributed by atoms with Gasteiger partial charge in [-0.25, -0.2) is 4.79 Å². The Kier molecular flexibility index (Phi) is 6.01. The molecule has 1 saturated heterocycles. The van der Waals surface area contributed by atoms with E-state index in [4.69, 9.17) is 14.2 Å². The van der Waals surface area contributed by atoms with Crippen LogP contribution in [0.2, 0.25) is 0 Å². The third-order valence-electron chi connectivity index (χ3n) is 4.74. The average molecular weight is 398 g/mol. The minimum Gasteiger partial charge on any atom is -0.497 e. The van der Waals surface area contributed by atoms with Gasteiger partial charge in [-0.2, -0.15) is 0 Å². The fourth-order valence-electron chi connectivity index (χ4n) is 3.19. The minimum absolute atomic E-state index is 0.0761. The number of ether oxygens (including phenoxy) is 3. The normalized spacial score (nSPS) is 15.8. The van der Waals surface area contributed by atoms with Gasteiger partial charge in [0.1, 0.15) is 11.5 Å². The van der Waals surface area contributed by atoms with Gasteiger partial charge >= 0.3 is 5.97 Å². The van der Waals surface area contributed by atoms with Crippen LogP contribution in [0.3, 0.4) is 0 Å². The number of rotatable bonds is 6. The van der Waals surface area contributed by atoms with Crippen molar-refractivity contribution in [2.75, 3.05) is 38.1 Å². The van der Waals surface area contributed by atoms with Crippen molar-refractivity contribution in [2.24, 2.45) is 5.92 Å². The summed E-state index contributed by atoms with van der Waals surface area (Å²) in [6.45, 7) is 0.216. The molecule has 8 heteroatoms. The lowest BCUT2D eigenvalue weighted by Crippen LogP contribution is -2.28. The van der Waals surface area contributed by atoms with Crippen LogP contribution in [0.4, 0.5) is 11.4 Å². The van der Waals surface area contributed by atoms with Crippen LogP contribution in [-0.2, 0) is 14.3 Å². The SMILES string of the molecule is COC(=O)c1cccc(N2CC(C(=O)Nc3ccc(OC)cc3OC)CC2=O)c1. The highest BCUT2D eigenvalue weighted by atomic mass is 16.5. The molecule has 2 aromatic rings. The van der Waals surface area contributed by atoms with Gasteiger partial charge in [-0.05, 0) is 30.3 Å². The zero-order valence-electron chi connectivity index (χ0n) is 16.4. The lowest BCUT2D eigenvalue weighted by Gasteiger charge is -2.18. The molecule has 1 N–H and O–H groups in total. The van der Waals surface area contributed by atoms with E-state index in [9.17, 15) is 14.4 Å². The number of amides is 2. The van der Waals surface area contributed by atoms with E-state index in [1.807, 2.05) is 0 Å². The summed E-state index contributed by atoms with van der Waals surface area (Å²) < 4.78 is 15.2. The van der Waals surface area contributed by atoms with Crippen molar-refractivity contribution < 1.29 is 28.6 Å². The molecule has 8 nitrogen and oxygen atoms in total. The van der Waals surface area contributed by atoms with Gasteiger partial charge in [0, 0.05) is 24.7 Å². The Bertz CT molecular complexity index is 943. The van der Waals surface area contributed by atoms with Crippen LogP contribution >= 0.6 is 0 Å². The first-order chi connectivity index (χ1) is 14.0.